The minimum atomic E-state index is 0.720. The molecule has 2 bridgehead atoms. The van der Waals surface area contributed by atoms with E-state index in [9.17, 15) is 0 Å². The first kappa shape index (κ1) is 8.27. The van der Waals surface area contributed by atoms with Gasteiger partial charge in [-0.25, -0.2) is 0 Å². The van der Waals surface area contributed by atoms with Gasteiger partial charge >= 0.3 is 0 Å². The molecule has 0 aromatic carbocycles. The van der Waals surface area contributed by atoms with Gasteiger partial charge in [0.2, 0.25) is 0 Å². The highest BCUT2D eigenvalue weighted by Crippen LogP contribution is 2.45. The van der Waals surface area contributed by atoms with E-state index in [1.165, 1.54) is 31.4 Å². The maximum atomic E-state index is 4.13. The Hall–Kier alpha value is -1.05. The molecule has 1 N–H and O–H groups in total. The maximum Gasteiger partial charge on any atom is 0.0528 e. The molecule has 2 aliphatic rings. The summed E-state index contributed by atoms with van der Waals surface area (Å²) in [6.45, 7) is 0. The number of hydrogen-bond donors (Lipinski definition) is 1. The molecule has 2 aliphatic carbocycles. The number of hydrogen-bond acceptors (Lipinski definition) is 2. The van der Waals surface area contributed by atoms with E-state index in [4.69, 9.17) is 0 Å². The second kappa shape index (κ2) is 3.26. The van der Waals surface area contributed by atoms with Crippen LogP contribution in [0.3, 0.4) is 0 Å². The van der Waals surface area contributed by atoms with Gasteiger partial charge in [-0.2, -0.15) is 0 Å². The molecular formula is C12H16N2. The molecule has 74 valence electrons. The summed E-state index contributed by atoms with van der Waals surface area (Å²) < 4.78 is 0. The molecule has 2 heteroatoms. The van der Waals surface area contributed by atoms with Crippen molar-refractivity contribution < 1.29 is 0 Å². The molecule has 0 aliphatic heterocycles. The van der Waals surface area contributed by atoms with Crippen molar-refractivity contribution in [1.82, 2.24) is 4.98 Å². The Kier molecular flexibility index (Phi) is 1.93. The standard InChI is InChI=1S/C12H16N2/c1-2-11(8-13-5-1)14-12-7-9-3-4-10(12)6-9/h1-2,5,8-10,12,14H,3-4,6-7H2/t9-,10-,12-/m1/s1. The zero-order chi connectivity index (χ0) is 9.38. The van der Waals surface area contributed by atoms with Crippen molar-refractivity contribution in [3.05, 3.63) is 24.5 Å². The van der Waals surface area contributed by atoms with E-state index < -0.39 is 0 Å². The van der Waals surface area contributed by atoms with E-state index in [1.807, 2.05) is 18.5 Å². The molecule has 2 fully saturated rings. The smallest absolute Gasteiger partial charge is 0.0528 e. The van der Waals surface area contributed by atoms with Gasteiger partial charge in [0.25, 0.3) is 0 Å². The van der Waals surface area contributed by atoms with Crippen molar-refractivity contribution in [1.29, 1.82) is 0 Å². The highest BCUT2D eigenvalue weighted by atomic mass is 15.0. The lowest BCUT2D eigenvalue weighted by Crippen LogP contribution is -2.25. The predicted octanol–water partition coefficient (Wildman–Crippen LogP) is 2.68. The topological polar surface area (TPSA) is 24.9 Å². The van der Waals surface area contributed by atoms with Crippen molar-refractivity contribution in [2.75, 3.05) is 5.32 Å². The quantitative estimate of drug-likeness (QED) is 0.771. The molecule has 0 amide bonds. The first-order valence-corrected chi connectivity index (χ1v) is 5.58. The van der Waals surface area contributed by atoms with Crippen molar-refractivity contribution in [3.8, 4) is 0 Å². The summed E-state index contributed by atoms with van der Waals surface area (Å²) in [6.07, 6.45) is 9.48. The Morgan fingerprint density at radius 1 is 1.29 bits per heavy atom. The van der Waals surface area contributed by atoms with E-state index in [0.29, 0.717) is 0 Å². The number of anilines is 1. The van der Waals surface area contributed by atoms with Crippen molar-refractivity contribution in [2.45, 2.75) is 31.7 Å². The minimum Gasteiger partial charge on any atom is -0.381 e. The molecule has 0 unspecified atom stereocenters. The van der Waals surface area contributed by atoms with Gasteiger partial charge in [0, 0.05) is 18.4 Å². The number of pyridine rings is 1. The van der Waals surface area contributed by atoms with Gasteiger partial charge in [-0.15, -0.1) is 0 Å². The fraction of sp³-hybridized carbons (Fsp3) is 0.583. The van der Waals surface area contributed by atoms with Crippen molar-refractivity contribution in [3.63, 3.8) is 0 Å². The monoisotopic (exact) mass is 188 g/mol. The van der Waals surface area contributed by atoms with Crippen LogP contribution in [0.1, 0.15) is 25.7 Å². The Bertz CT molecular complexity index is 309. The number of aromatic nitrogens is 1. The number of fused-ring (bicyclic) bond motifs is 2. The fourth-order valence-corrected chi connectivity index (χ4v) is 3.08. The second-order valence-corrected chi connectivity index (χ2v) is 4.67. The average Bonchev–Trinajstić information content (AvgIpc) is 2.81. The van der Waals surface area contributed by atoms with Crippen LogP contribution in [0, 0.1) is 11.8 Å². The molecule has 2 nitrogen and oxygen atoms in total. The zero-order valence-corrected chi connectivity index (χ0v) is 8.32. The lowest BCUT2D eigenvalue weighted by molar-refractivity contribution is 0.439. The van der Waals surface area contributed by atoms with Crippen LogP contribution in [0.2, 0.25) is 0 Å². The average molecular weight is 188 g/mol. The maximum absolute atomic E-state index is 4.13. The first-order chi connectivity index (χ1) is 6.92. The lowest BCUT2D eigenvalue weighted by atomic mass is 9.95. The molecule has 3 atom stereocenters. The van der Waals surface area contributed by atoms with Crippen LogP contribution in [-0.2, 0) is 0 Å². The van der Waals surface area contributed by atoms with E-state index >= 15 is 0 Å². The number of nitrogens with one attached hydrogen (secondary N) is 1. The van der Waals surface area contributed by atoms with Gasteiger partial charge in [-0.1, -0.05) is 6.42 Å². The third kappa shape index (κ3) is 1.39. The Morgan fingerprint density at radius 2 is 2.29 bits per heavy atom. The molecule has 0 spiro atoms. The van der Waals surface area contributed by atoms with Crippen molar-refractivity contribution >= 4 is 5.69 Å². The Balaban J connectivity index is 1.69. The van der Waals surface area contributed by atoms with Crippen LogP contribution >= 0.6 is 0 Å². The van der Waals surface area contributed by atoms with E-state index in [2.05, 4.69) is 16.4 Å². The molecule has 1 aromatic heterocycles. The van der Waals surface area contributed by atoms with Gasteiger partial charge in [-0.3, -0.25) is 4.98 Å². The van der Waals surface area contributed by atoms with E-state index in [0.717, 1.165) is 17.9 Å². The van der Waals surface area contributed by atoms with Crippen LogP contribution in [0.15, 0.2) is 24.5 Å². The van der Waals surface area contributed by atoms with E-state index in [1.54, 1.807) is 0 Å². The number of rotatable bonds is 2. The fourth-order valence-electron chi connectivity index (χ4n) is 3.08. The van der Waals surface area contributed by atoms with Crippen LogP contribution in [0.25, 0.3) is 0 Å². The van der Waals surface area contributed by atoms with Gasteiger partial charge in [0.05, 0.1) is 5.69 Å². The van der Waals surface area contributed by atoms with Crippen LogP contribution < -0.4 is 5.32 Å². The van der Waals surface area contributed by atoms with Crippen LogP contribution in [0.5, 0.6) is 0 Å². The summed E-state index contributed by atoms with van der Waals surface area (Å²) in [5.41, 5.74) is 1.19. The van der Waals surface area contributed by atoms with Gasteiger partial charge in [0.15, 0.2) is 0 Å². The summed E-state index contributed by atoms with van der Waals surface area (Å²) in [4.78, 5) is 4.13. The summed E-state index contributed by atoms with van der Waals surface area (Å²) in [5, 5.41) is 3.61. The van der Waals surface area contributed by atoms with Crippen LogP contribution in [0.4, 0.5) is 5.69 Å². The second-order valence-electron chi connectivity index (χ2n) is 4.67. The molecule has 0 radical (unpaired) electrons. The summed E-state index contributed by atoms with van der Waals surface area (Å²) in [7, 11) is 0. The Labute approximate surface area is 84.7 Å². The third-order valence-corrected chi connectivity index (χ3v) is 3.75. The van der Waals surface area contributed by atoms with Gasteiger partial charge in [-0.05, 0) is 43.2 Å². The molecule has 1 heterocycles. The molecule has 0 saturated heterocycles. The molecule has 1 aromatic rings. The molecule has 14 heavy (non-hydrogen) atoms. The summed E-state index contributed by atoms with van der Waals surface area (Å²) in [5.74, 6) is 1.94. The minimum absolute atomic E-state index is 0.720. The summed E-state index contributed by atoms with van der Waals surface area (Å²) >= 11 is 0. The van der Waals surface area contributed by atoms with Gasteiger partial charge < -0.3 is 5.32 Å². The molecule has 3 rings (SSSR count). The Morgan fingerprint density at radius 3 is 2.93 bits per heavy atom. The highest BCUT2D eigenvalue weighted by Gasteiger charge is 2.39. The van der Waals surface area contributed by atoms with Crippen LogP contribution in [-0.4, -0.2) is 11.0 Å². The lowest BCUT2D eigenvalue weighted by Gasteiger charge is -2.23. The zero-order valence-electron chi connectivity index (χ0n) is 8.32. The normalized spacial score (nSPS) is 34.7. The summed E-state index contributed by atoms with van der Waals surface area (Å²) in [6, 6.07) is 4.83. The highest BCUT2D eigenvalue weighted by molar-refractivity contribution is 5.41. The van der Waals surface area contributed by atoms with Crippen molar-refractivity contribution in [2.24, 2.45) is 11.8 Å². The first-order valence-electron chi connectivity index (χ1n) is 5.58. The largest absolute Gasteiger partial charge is 0.381 e. The SMILES string of the molecule is c1cncc(N[C@@H]2C[C@@H]3CC[C@@H]2C3)c1. The van der Waals surface area contributed by atoms with Gasteiger partial charge in [0.1, 0.15) is 0 Å². The third-order valence-electron chi connectivity index (χ3n) is 3.75. The molecular weight excluding hydrogens is 172 g/mol. The molecule has 2 saturated carbocycles. The predicted molar refractivity (Wildman–Crippen MR) is 57.1 cm³/mol. The number of nitrogens with zero attached hydrogens (tertiary/aromatic N) is 1. The van der Waals surface area contributed by atoms with E-state index in [-0.39, 0.29) is 0 Å².